The Hall–Kier alpha value is -3.90. The summed E-state index contributed by atoms with van der Waals surface area (Å²) in [4.78, 5) is 25.9. The quantitative estimate of drug-likeness (QED) is 0.295. The number of nitrogens with one attached hydrogen (secondary N) is 1. The highest BCUT2D eigenvalue weighted by Crippen LogP contribution is 2.37. The fourth-order valence-electron chi connectivity index (χ4n) is 4.36. The van der Waals surface area contributed by atoms with E-state index in [2.05, 4.69) is 10.4 Å². The molecule has 1 heterocycles. The summed E-state index contributed by atoms with van der Waals surface area (Å²) in [6, 6.07) is 15.9. The fraction of sp³-hybridized carbons (Fsp3) is 0.250. The number of hydrogen-bond acceptors (Lipinski definition) is 5. The molecule has 0 saturated heterocycles. The number of aromatic nitrogens is 3. The summed E-state index contributed by atoms with van der Waals surface area (Å²) in [6.07, 6.45) is -3.11. The molecular weight excluding hydrogens is 581 g/mol. The van der Waals surface area contributed by atoms with Gasteiger partial charge in [0.15, 0.2) is 5.82 Å². The highest BCUT2D eigenvalue weighted by molar-refractivity contribution is 7.89. The lowest BCUT2D eigenvalue weighted by molar-refractivity contribution is -0.137. The topological polar surface area (TPSA) is 103 Å². The molecule has 3 aromatic carbocycles. The molecule has 0 unspecified atom stereocenters. The first-order valence-electron chi connectivity index (χ1n) is 12.5. The maximum absolute atomic E-state index is 13.4. The van der Waals surface area contributed by atoms with E-state index >= 15 is 0 Å². The number of halogens is 4. The molecule has 8 nitrogen and oxygen atoms in total. The van der Waals surface area contributed by atoms with Crippen LogP contribution in [-0.4, -0.2) is 28.1 Å². The average molecular weight is 605 g/mol. The van der Waals surface area contributed by atoms with Crippen molar-refractivity contribution < 1.29 is 26.4 Å². The van der Waals surface area contributed by atoms with Crippen molar-refractivity contribution in [3.05, 3.63) is 105 Å². The smallest absolute Gasteiger partial charge is 0.343 e. The molecule has 1 aliphatic carbocycles. The van der Waals surface area contributed by atoms with Gasteiger partial charge in [-0.15, -0.1) is 5.10 Å². The summed E-state index contributed by atoms with van der Waals surface area (Å²) in [5, 5.41) is 7.32. The zero-order valence-corrected chi connectivity index (χ0v) is 23.4. The molecule has 1 saturated carbocycles. The molecule has 1 N–H and O–H groups in total. The van der Waals surface area contributed by atoms with Crippen LogP contribution in [0.1, 0.15) is 54.2 Å². The number of carbonyl (C=O) groups is 1. The Labute approximate surface area is 238 Å². The maximum Gasteiger partial charge on any atom is 0.416 e. The van der Waals surface area contributed by atoms with E-state index in [4.69, 9.17) is 11.6 Å². The van der Waals surface area contributed by atoms with Gasteiger partial charge in [0.25, 0.3) is 15.9 Å². The van der Waals surface area contributed by atoms with Crippen LogP contribution in [0.2, 0.25) is 5.02 Å². The molecule has 0 radical (unpaired) electrons. The Morgan fingerprint density at radius 1 is 0.976 bits per heavy atom. The molecule has 5 rings (SSSR count). The third-order valence-corrected chi connectivity index (χ3v) is 8.59. The molecule has 41 heavy (non-hydrogen) atoms. The lowest BCUT2D eigenvalue weighted by Gasteiger charge is -2.27. The van der Waals surface area contributed by atoms with Crippen molar-refractivity contribution in [3.63, 3.8) is 0 Å². The second-order valence-electron chi connectivity index (χ2n) is 10.2. The predicted octanol–water partition coefficient (Wildman–Crippen LogP) is 5.62. The zero-order valence-electron chi connectivity index (χ0n) is 21.8. The van der Waals surface area contributed by atoms with E-state index in [0.717, 1.165) is 12.1 Å². The van der Waals surface area contributed by atoms with Gasteiger partial charge in [-0.25, -0.2) is 4.79 Å². The third-order valence-electron chi connectivity index (χ3n) is 6.78. The average Bonchev–Trinajstić information content (AvgIpc) is 3.70. The van der Waals surface area contributed by atoms with Crippen LogP contribution < -0.4 is 11.0 Å². The van der Waals surface area contributed by atoms with E-state index in [0.29, 0.717) is 27.5 Å². The molecule has 4 aromatic rings. The minimum absolute atomic E-state index is 0.0710. The lowest BCUT2D eigenvalue weighted by atomic mass is 9.92. The first-order valence-corrected chi connectivity index (χ1v) is 14.3. The van der Waals surface area contributed by atoms with Crippen LogP contribution in [0, 0.1) is 0 Å². The van der Waals surface area contributed by atoms with Crippen LogP contribution in [0.4, 0.5) is 13.2 Å². The monoisotopic (exact) mass is 604 g/mol. The lowest BCUT2D eigenvalue weighted by Crippen LogP contribution is -2.41. The molecule has 1 amide bonds. The number of carbonyl (C=O) groups excluding carboxylic acids is 1. The first kappa shape index (κ1) is 28.6. The van der Waals surface area contributed by atoms with Gasteiger partial charge in [0, 0.05) is 22.2 Å². The zero-order chi connectivity index (χ0) is 29.7. The van der Waals surface area contributed by atoms with Gasteiger partial charge in [0.05, 0.1) is 16.0 Å². The van der Waals surface area contributed by atoms with Crippen LogP contribution in [0.5, 0.6) is 0 Å². The van der Waals surface area contributed by atoms with E-state index in [-0.39, 0.29) is 27.9 Å². The predicted molar refractivity (Wildman–Crippen MR) is 146 cm³/mol. The van der Waals surface area contributed by atoms with Gasteiger partial charge >= 0.3 is 11.9 Å². The van der Waals surface area contributed by atoms with Gasteiger partial charge in [0.2, 0.25) is 0 Å². The van der Waals surface area contributed by atoms with Crippen molar-refractivity contribution in [1.82, 2.24) is 19.1 Å². The van der Waals surface area contributed by atoms with Crippen molar-refractivity contribution in [1.29, 1.82) is 0 Å². The number of nitrogens with zero attached hydrogens (tertiary/aromatic N) is 3. The van der Waals surface area contributed by atoms with Crippen LogP contribution in [0.3, 0.4) is 0 Å². The number of alkyl halides is 3. The van der Waals surface area contributed by atoms with E-state index in [1.807, 2.05) is 0 Å². The van der Waals surface area contributed by atoms with Crippen molar-refractivity contribution >= 4 is 27.5 Å². The molecule has 13 heteroatoms. The van der Waals surface area contributed by atoms with Gasteiger partial charge in [-0.1, -0.05) is 27.8 Å². The molecular formula is C28H24ClF3N4O4S. The minimum Gasteiger partial charge on any atom is -0.343 e. The second kappa shape index (κ2) is 10.2. The highest BCUT2D eigenvalue weighted by atomic mass is 35.5. The molecule has 0 spiro atoms. The Bertz CT molecular complexity index is 1790. The van der Waals surface area contributed by atoms with Crippen molar-refractivity contribution in [2.75, 3.05) is 0 Å². The second-order valence-corrected chi connectivity index (χ2v) is 12.4. The van der Waals surface area contributed by atoms with Gasteiger partial charge in [0.1, 0.15) is 0 Å². The number of hydrogen-bond donors (Lipinski definition) is 1. The summed E-state index contributed by atoms with van der Waals surface area (Å²) in [7, 11) is -4.42. The largest absolute Gasteiger partial charge is 0.416 e. The van der Waals surface area contributed by atoms with Gasteiger partial charge in [-0.2, -0.15) is 21.6 Å². The van der Waals surface area contributed by atoms with Gasteiger partial charge in [-0.3, -0.25) is 9.36 Å². The Morgan fingerprint density at radius 3 is 2.17 bits per heavy atom. The summed E-state index contributed by atoms with van der Waals surface area (Å²) in [5.74, 6) is -0.429. The molecule has 0 bridgehead atoms. The van der Waals surface area contributed by atoms with Crippen LogP contribution in [-0.2, 0) is 21.7 Å². The molecule has 1 aliphatic rings. The summed E-state index contributed by atoms with van der Waals surface area (Å²) in [6.45, 7) is 3.11. The molecule has 1 aromatic heterocycles. The summed E-state index contributed by atoms with van der Waals surface area (Å²) >= 11 is 5.97. The van der Waals surface area contributed by atoms with Gasteiger partial charge in [-0.05, 0) is 92.9 Å². The van der Waals surface area contributed by atoms with Crippen LogP contribution in [0.25, 0.3) is 11.4 Å². The standard InChI is InChI=1S/C28H24ClF3N4O4S/c1-27(2,19-4-3-5-20(16-19)28(30,31)32)33-25(37)18-8-14-23(15-9-18)41(39,40)36-26(38)35(22-12-13-22)24(34-36)17-6-10-21(29)11-7-17/h3-11,14-16,22H,12-13H2,1-2H3,(H,33,37). The molecule has 0 atom stereocenters. The maximum atomic E-state index is 13.4. The van der Waals surface area contributed by atoms with E-state index in [1.165, 1.54) is 41.0 Å². The fourth-order valence-corrected chi connectivity index (χ4v) is 5.65. The first-order chi connectivity index (χ1) is 19.2. The Morgan fingerprint density at radius 2 is 1.59 bits per heavy atom. The highest BCUT2D eigenvalue weighted by Gasteiger charge is 2.35. The van der Waals surface area contributed by atoms with Gasteiger partial charge < -0.3 is 5.32 Å². The van der Waals surface area contributed by atoms with Crippen LogP contribution in [0.15, 0.2) is 82.5 Å². The SMILES string of the molecule is CC(C)(NC(=O)c1ccc(S(=O)(=O)n2nc(-c3ccc(Cl)cc3)n(C3CC3)c2=O)cc1)c1cccc(C(F)(F)F)c1. The number of amides is 1. The Balaban J connectivity index is 1.41. The number of benzene rings is 3. The molecule has 1 fully saturated rings. The summed E-state index contributed by atoms with van der Waals surface area (Å²) < 4.78 is 68.2. The molecule has 214 valence electrons. The van der Waals surface area contributed by atoms with E-state index < -0.39 is 38.9 Å². The van der Waals surface area contributed by atoms with Crippen LogP contribution >= 0.6 is 11.6 Å². The summed E-state index contributed by atoms with van der Waals surface area (Å²) in [5.41, 5.74) is -1.98. The normalized spacial score (nSPS) is 14.2. The third kappa shape index (κ3) is 5.66. The molecule has 0 aliphatic heterocycles. The van der Waals surface area contributed by atoms with E-state index in [1.54, 1.807) is 38.1 Å². The van der Waals surface area contributed by atoms with Crippen molar-refractivity contribution in [3.8, 4) is 11.4 Å². The van der Waals surface area contributed by atoms with Crippen molar-refractivity contribution in [2.24, 2.45) is 0 Å². The van der Waals surface area contributed by atoms with E-state index in [9.17, 15) is 31.2 Å². The van der Waals surface area contributed by atoms with Crippen molar-refractivity contribution in [2.45, 2.75) is 49.3 Å². The Kier molecular flexibility index (Phi) is 7.11. The minimum atomic E-state index is -4.54. The number of rotatable bonds is 7.